The molecule has 0 unspecified atom stereocenters. The van der Waals surface area contributed by atoms with Gasteiger partial charge in [-0.25, -0.2) is 14.4 Å². The van der Waals surface area contributed by atoms with Crippen molar-refractivity contribution in [3.05, 3.63) is 71.8 Å². The number of amides is 1. The van der Waals surface area contributed by atoms with Crippen LogP contribution in [0.1, 0.15) is 22.8 Å². The predicted molar refractivity (Wildman–Crippen MR) is 103 cm³/mol. The zero-order chi connectivity index (χ0) is 19.2. The minimum atomic E-state index is -0.643. The summed E-state index contributed by atoms with van der Waals surface area (Å²) in [6.07, 6.45) is 2.25. The summed E-state index contributed by atoms with van der Waals surface area (Å²) in [6, 6.07) is 13.5. The molecule has 0 spiro atoms. The molecule has 0 atom stereocenters. The van der Waals surface area contributed by atoms with E-state index in [9.17, 15) is 9.18 Å². The minimum Gasteiger partial charge on any atom is -0.393 e. The molecular formula is C19H19FN6O. The van der Waals surface area contributed by atoms with Crippen molar-refractivity contribution in [3.63, 3.8) is 0 Å². The Morgan fingerprint density at radius 2 is 1.78 bits per heavy atom. The summed E-state index contributed by atoms with van der Waals surface area (Å²) in [6.45, 7) is 2.08. The van der Waals surface area contributed by atoms with Crippen LogP contribution in [0.2, 0.25) is 0 Å². The summed E-state index contributed by atoms with van der Waals surface area (Å²) in [5, 5.41) is 3.10. The van der Waals surface area contributed by atoms with Crippen LogP contribution in [0.25, 0.3) is 0 Å². The summed E-state index contributed by atoms with van der Waals surface area (Å²) in [5.41, 5.74) is 13.2. The second-order valence-corrected chi connectivity index (χ2v) is 5.72. The van der Waals surface area contributed by atoms with Gasteiger partial charge in [-0.05, 0) is 36.2 Å². The average Bonchev–Trinajstić information content (AvgIpc) is 2.69. The van der Waals surface area contributed by atoms with Crippen LogP contribution >= 0.6 is 0 Å². The van der Waals surface area contributed by atoms with Crippen LogP contribution in [0, 0.1) is 5.82 Å². The van der Waals surface area contributed by atoms with Crippen LogP contribution in [0.3, 0.4) is 0 Å². The van der Waals surface area contributed by atoms with E-state index < -0.39 is 11.7 Å². The van der Waals surface area contributed by atoms with Crippen molar-refractivity contribution in [2.45, 2.75) is 13.3 Å². The maximum Gasteiger partial charge on any atom is 0.272 e. The number of hydrogen-bond donors (Lipinski definition) is 4. The molecule has 1 heterocycles. The monoisotopic (exact) mass is 366 g/mol. The number of hydrogen-bond acceptors (Lipinski definition) is 6. The predicted octanol–water partition coefficient (Wildman–Crippen LogP) is 3.26. The molecule has 7 nitrogen and oxygen atoms in total. The third kappa shape index (κ3) is 4.30. The van der Waals surface area contributed by atoms with Crippen LogP contribution in [-0.2, 0) is 6.42 Å². The van der Waals surface area contributed by atoms with Gasteiger partial charge in [0.1, 0.15) is 17.8 Å². The number of benzene rings is 2. The van der Waals surface area contributed by atoms with E-state index in [1.54, 1.807) is 6.07 Å². The molecule has 0 aliphatic carbocycles. The number of aryl methyl sites for hydroxylation is 1. The molecule has 8 heteroatoms. The molecule has 0 aliphatic rings. The lowest BCUT2D eigenvalue weighted by atomic mass is 10.1. The summed E-state index contributed by atoms with van der Waals surface area (Å²) in [5.74, 6) is -0.680. The summed E-state index contributed by atoms with van der Waals surface area (Å²) < 4.78 is 13.7. The largest absolute Gasteiger partial charge is 0.393 e. The molecule has 27 heavy (non-hydrogen) atoms. The highest BCUT2D eigenvalue weighted by molar-refractivity contribution is 5.95. The van der Waals surface area contributed by atoms with Gasteiger partial charge in [-0.3, -0.25) is 15.6 Å². The molecule has 2 aromatic carbocycles. The average molecular weight is 366 g/mol. The smallest absolute Gasteiger partial charge is 0.272 e. The van der Waals surface area contributed by atoms with E-state index in [2.05, 4.69) is 33.1 Å². The van der Waals surface area contributed by atoms with Gasteiger partial charge in [-0.2, -0.15) is 0 Å². The van der Waals surface area contributed by atoms with Crippen LogP contribution in [0.4, 0.5) is 27.4 Å². The van der Waals surface area contributed by atoms with Gasteiger partial charge >= 0.3 is 0 Å². The second kappa shape index (κ2) is 8.13. The Bertz CT molecular complexity index is 945. The molecule has 5 N–H and O–H groups in total. The van der Waals surface area contributed by atoms with Crippen LogP contribution in [0.5, 0.6) is 0 Å². The van der Waals surface area contributed by atoms with Crippen LogP contribution in [0.15, 0.2) is 54.9 Å². The number of carbonyl (C=O) groups is 1. The Morgan fingerprint density at radius 1 is 1.07 bits per heavy atom. The molecule has 138 valence electrons. The Morgan fingerprint density at radius 3 is 2.48 bits per heavy atom. The Kier molecular flexibility index (Phi) is 5.46. The third-order valence-corrected chi connectivity index (χ3v) is 3.92. The Balaban J connectivity index is 1.71. The number of anilines is 4. The fourth-order valence-corrected chi connectivity index (χ4v) is 2.38. The fourth-order valence-electron chi connectivity index (χ4n) is 2.38. The Labute approximate surface area is 155 Å². The lowest BCUT2D eigenvalue weighted by Crippen LogP contribution is -2.31. The van der Waals surface area contributed by atoms with Gasteiger partial charge < -0.3 is 11.1 Å². The number of aromatic nitrogens is 2. The van der Waals surface area contributed by atoms with E-state index in [0.29, 0.717) is 5.82 Å². The lowest BCUT2D eigenvalue weighted by Gasteiger charge is -2.13. The highest BCUT2D eigenvalue weighted by atomic mass is 19.1. The maximum atomic E-state index is 13.7. The minimum absolute atomic E-state index is 0.0908. The number of nitrogens with one attached hydrogen (secondary N) is 3. The number of carbonyl (C=O) groups excluding carboxylic acids is 1. The van der Waals surface area contributed by atoms with E-state index in [-0.39, 0.29) is 17.1 Å². The van der Waals surface area contributed by atoms with Gasteiger partial charge in [0.25, 0.3) is 5.91 Å². The normalized spacial score (nSPS) is 10.3. The van der Waals surface area contributed by atoms with Gasteiger partial charge in [-0.1, -0.05) is 31.2 Å². The summed E-state index contributed by atoms with van der Waals surface area (Å²) in [4.78, 5) is 20.2. The van der Waals surface area contributed by atoms with Gasteiger partial charge in [0.15, 0.2) is 11.6 Å². The molecular weight excluding hydrogens is 347 g/mol. The molecule has 1 aromatic heterocycles. The second-order valence-electron chi connectivity index (χ2n) is 5.72. The van der Waals surface area contributed by atoms with Crippen molar-refractivity contribution >= 4 is 28.9 Å². The summed E-state index contributed by atoms with van der Waals surface area (Å²) in [7, 11) is 0. The molecule has 3 rings (SSSR count). The van der Waals surface area contributed by atoms with Gasteiger partial charge in [-0.15, -0.1) is 0 Å². The Hall–Kier alpha value is -3.68. The molecule has 1 amide bonds. The first-order chi connectivity index (χ1) is 13.1. The van der Waals surface area contributed by atoms with Gasteiger partial charge in [0.2, 0.25) is 0 Å². The van der Waals surface area contributed by atoms with Gasteiger partial charge in [0, 0.05) is 5.69 Å². The van der Waals surface area contributed by atoms with Crippen molar-refractivity contribution in [3.8, 4) is 0 Å². The molecule has 0 saturated carbocycles. The SMILES string of the molecule is CCc1ccc(Nc2ncnc(NNC(=O)c3ccccc3F)c2N)cc1. The molecule has 0 bridgehead atoms. The quantitative estimate of drug-likeness (QED) is 0.499. The van der Waals surface area contributed by atoms with E-state index in [1.807, 2.05) is 24.3 Å². The van der Waals surface area contributed by atoms with Crippen molar-refractivity contribution in [1.29, 1.82) is 0 Å². The standard InChI is InChI=1S/C19H19FN6O/c1-2-12-7-9-13(10-8-12)24-17-16(21)18(23-11-22-17)25-26-19(27)14-5-3-4-6-15(14)20/h3-11H,2,21H2,1H3,(H,26,27)(H2,22,23,24,25). The lowest BCUT2D eigenvalue weighted by molar-refractivity contribution is 0.0958. The van der Waals surface area contributed by atoms with Crippen LogP contribution in [-0.4, -0.2) is 15.9 Å². The van der Waals surface area contributed by atoms with Crippen molar-refractivity contribution in [2.24, 2.45) is 0 Å². The molecule has 0 aliphatic heterocycles. The van der Waals surface area contributed by atoms with Crippen molar-refractivity contribution in [2.75, 3.05) is 16.5 Å². The fraction of sp³-hybridized carbons (Fsp3) is 0.105. The number of hydrazine groups is 1. The first kappa shape index (κ1) is 18.1. The van der Waals surface area contributed by atoms with Gasteiger partial charge in [0.05, 0.1) is 5.56 Å². The van der Waals surface area contributed by atoms with E-state index in [4.69, 9.17) is 5.73 Å². The number of halogens is 1. The molecule has 0 radical (unpaired) electrons. The van der Waals surface area contributed by atoms with Crippen molar-refractivity contribution in [1.82, 2.24) is 15.4 Å². The third-order valence-electron chi connectivity index (χ3n) is 3.92. The number of nitrogens with two attached hydrogens (primary N) is 1. The van der Waals surface area contributed by atoms with Crippen LogP contribution < -0.4 is 21.9 Å². The van der Waals surface area contributed by atoms with E-state index in [1.165, 1.54) is 30.1 Å². The van der Waals surface area contributed by atoms with E-state index in [0.717, 1.165) is 12.1 Å². The first-order valence-electron chi connectivity index (χ1n) is 8.35. The topological polar surface area (TPSA) is 105 Å². The van der Waals surface area contributed by atoms with Crippen molar-refractivity contribution < 1.29 is 9.18 Å². The molecule has 3 aromatic rings. The number of rotatable bonds is 6. The first-order valence-corrected chi connectivity index (χ1v) is 8.35. The zero-order valence-electron chi connectivity index (χ0n) is 14.7. The molecule has 0 fully saturated rings. The molecule has 0 saturated heterocycles. The highest BCUT2D eigenvalue weighted by Crippen LogP contribution is 2.25. The van der Waals surface area contributed by atoms with E-state index >= 15 is 0 Å². The zero-order valence-corrected chi connectivity index (χ0v) is 14.7. The number of nitrogen functional groups attached to an aromatic ring is 1. The number of nitrogens with zero attached hydrogens (tertiary/aromatic N) is 2. The maximum absolute atomic E-state index is 13.7. The highest BCUT2D eigenvalue weighted by Gasteiger charge is 2.13. The summed E-state index contributed by atoms with van der Waals surface area (Å²) >= 11 is 0.